The lowest BCUT2D eigenvalue weighted by Gasteiger charge is -2.21. The summed E-state index contributed by atoms with van der Waals surface area (Å²) in [6.45, 7) is 0.400. The molecule has 1 aliphatic rings. The Morgan fingerprint density at radius 1 is 1.32 bits per heavy atom. The van der Waals surface area contributed by atoms with Crippen LogP contribution in [0.3, 0.4) is 0 Å². The molecule has 122 valence electrons. The second-order valence-electron chi connectivity index (χ2n) is 5.52. The molecule has 0 bridgehead atoms. The van der Waals surface area contributed by atoms with Gasteiger partial charge in [0.2, 0.25) is 10.0 Å². The lowest BCUT2D eigenvalue weighted by Crippen LogP contribution is -2.30. The van der Waals surface area contributed by atoms with Gasteiger partial charge in [-0.1, -0.05) is 19.3 Å². The normalized spacial score (nSPS) is 16.4. The van der Waals surface area contributed by atoms with Crippen molar-refractivity contribution in [3.8, 4) is 5.75 Å². The standard InChI is InChI=1S/C15H21NO5S/c1-21-14-8-7-12(9-13(14)15(17)18)22(19,20)16-10-11-5-3-2-4-6-11/h7-9,11,16H,2-6,10H2,1H3,(H,17,18). The summed E-state index contributed by atoms with van der Waals surface area (Å²) in [6, 6.07) is 3.84. The molecule has 0 amide bonds. The first-order chi connectivity index (χ1) is 10.4. The fourth-order valence-electron chi connectivity index (χ4n) is 2.72. The zero-order valence-electron chi connectivity index (χ0n) is 12.5. The number of aromatic carboxylic acids is 1. The molecule has 0 saturated heterocycles. The van der Waals surface area contributed by atoms with E-state index in [2.05, 4.69) is 4.72 Å². The first-order valence-electron chi connectivity index (χ1n) is 7.35. The van der Waals surface area contributed by atoms with Gasteiger partial charge >= 0.3 is 5.97 Å². The van der Waals surface area contributed by atoms with E-state index in [0.29, 0.717) is 12.5 Å². The maximum atomic E-state index is 12.3. The highest BCUT2D eigenvalue weighted by Crippen LogP contribution is 2.25. The van der Waals surface area contributed by atoms with Crippen molar-refractivity contribution < 1.29 is 23.1 Å². The maximum absolute atomic E-state index is 12.3. The number of hydrogen-bond acceptors (Lipinski definition) is 4. The van der Waals surface area contributed by atoms with Crippen molar-refractivity contribution in [3.63, 3.8) is 0 Å². The third-order valence-corrected chi connectivity index (χ3v) is 5.42. The van der Waals surface area contributed by atoms with E-state index in [1.807, 2.05) is 0 Å². The highest BCUT2D eigenvalue weighted by molar-refractivity contribution is 7.89. The van der Waals surface area contributed by atoms with Crippen LogP contribution in [-0.4, -0.2) is 33.1 Å². The van der Waals surface area contributed by atoms with Gasteiger partial charge < -0.3 is 9.84 Å². The SMILES string of the molecule is COc1ccc(S(=O)(=O)NCC2CCCCC2)cc1C(=O)O. The average molecular weight is 327 g/mol. The smallest absolute Gasteiger partial charge is 0.339 e. The summed E-state index contributed by atoms with van der Waals surface area (Å²) in [5, 5.41) is 9.13. The van der Waals surface area contributed by atoms with Crippen LogP contribution in [0.2, 0.25) is 0 Å². The van der Waals surface area contributed by atoms with Gasteiger partial charge in [0, 0.05) is 6.54 Å². The third-order valence-electron chi connectivity index (χ3n) is 4.00. The monoisotopic (exact) mass is 327 g/mol. The second kappa shape index (κ2) is 7.11. The summed E-state index contributed by atoms with van der Waals surface area (Å²) < 4.78 is 32.1. The molecular formula is C15H21NO5S. The predicted molar refractivity (Wildman–Crippen MR) is 81.7 cm³/mol. The molecule has 1 aromatic carbocycles. The van der Waals surface area contributed by atoms with Gasteiger partial charge in [-0.05, 0) is 37.0 Å². The van der Waals surface area contributed by atoms with Gasteiger partial charge in [-0.25, -0.2) is 17.9 Å². The maximum Gasteiger partial charge on any atom is 0.339 e. The lowest BCUT2D eigenvalue weighted by atomic mass is 9.90. The van der Waals surface area contributed by atoms with Crippen molar-refractivity contribution in [3.05, 3.63) is 23.8 Å². The number of carboxylic acids is 1. The minimum Gasteiger partial charge on any atom is -0.496 e. The first kappa shape index (κ1) is 16.8. The number of carboxylic acid groups (broad SMARTS) is 1. The van der Waals surface area contributed by atoms with Gasteiger partial charge in [0.15, 0.2) is 0 Å². The third kappa shape index (κ3) is 3.98. The van der Waals surface area contributed by atoms with Crippen LogP contribution in [0.4, 0.5) is 0 Å². The Morgan fingerprint density at radius 3 is 2.59 bits per heavy atom. The number of methoxy groups -OCH3 is 1. The van der Waals surface area contributed by atoms with Crippen LogP contribution in [-0.2, 0) is 10.0 Å². The Bertz CT molecular complexity index is 635. The molecule has 0 heterocycles. The molecule has 6 nitrogen and oxygen atoms in total. The number of ether oxygens (including phenoxy) is 1. The molecule has 0 unspecified atom stereocenters. The molecule has 0 spiro atoms. The van der Waals surface area contributed by atoms with E-state index in [-0.39, 0.29) is 16.2 Å². The van der Waals surface area contributed by atoms with Crippen LogP contribution in [0.25, 0.3) is 0 Å². The van der Waals surface area contributed by atoms with Gasteiger partial charge in [0.25, 0.3) is 0 Å². The molecule has 0 atom stereocenters. The molecule has 0 aliphatic heterocycles. The largest absolute Gasteiger partial charge is 0.496 e. The van der Waals surface area contributed by atoms with Crippen molar-refractivity contribution in [2.24, 2.45) is 5.92 Å². The number of nitrogens with one attached hydrogen (secondary N) is 1. The number of hydrogen-bond donors (Lipinski definition) is 2. The van der Waals surface area contributed by atoms with Crippen molar-refractivity contribution in [2.75, 3.05) is 13.7 Å². The number of sulfonamides is 1. The lowest BCUT2D eigenvalue weighted by molar-refractivity contribution is 0.0693. The quantitative estimate of drug-likeness (QED) is 0.836. The molecule has 1 aromatic rings. The second-order valence-corrected chi connectivity index (χ2v) is 7.29. The summed E-state index contributed by atoms with van der Waals surface area (Å²) in [6.07, 6.45) is 5.55. The topological polar surface area (TPSA) is 92.7 Å². The molecule has 1 saturated carbocycles. The van der Waals surface area contributed by atoms with Crippen LogP contribution >= 0.6 is 0 Å². The van der Waals surface area contributed by atoms with E-state index < -0.39 is 16.0 Å². The van der Waals surface area contributed by atoms with Crippen molar-refractivity contribution in [1.29, 1.82) is 0 Å². The van der Waals surface area contributed by atoms with Crippen LogP contribution in [0.15, 0.2) is 23.1 Å². The van der Waals surface area contributed by atoms with Crippen LogP contribution < -0.4 is 9.46 Å². The van der Waals surface area contributed by atoms with E-state index in [1.54, 1.807) is 0 Å². The highest BCUT2D eigenvalue weighted by atomic mass is 32.2. The Labute approximate surface area is 130 Å². The van der Waals surface area contributed by atoms with Gasteiger partial charge in [-0.15, -0.1) is 0 Å². The molecule has 2 rings (SSSR count). The summed E-state index contributed by atoms with van der Waals surface area (Å²) in [5.41, 5.74) is -0.164. The Balaban J connectivity index is 2.14. The van der Waals surface area contributed by atoms with Gasteiger partial charge in [-0.2, -0.15) is 0 Å². The molecule has 22 heavy (non-hydrogen) atoms. The molecule has 2 N–H and O–H groups in total. The van der Waals surface area contributed by atoms with Crippen LogP contribution in [0, 0.1) is 5.92 Å². The summed E-state index contributed by atoms with van der Waals surface area (Å²) >= 11 is 0. The molecular weight excluding hydrogens is 306 g/mol. The first-order valence-corrected chi connectivity index (χ1v) is 8.83. The van der Waals surface area contributed by atoms with Gasteiger partial charge in [0.05, 0.1) is 12.0 Å². The molecule has 1 aliphatic carbocycles. The zero-order chi connectivity index (χ0) is 16.2. The van der Waals surface area contributed by atoms with Crippen LogP contribution in [0.5, 0.6) is 5.75 Å². The van der Waals surface area contributed by atoms with Crippen molar-refractivity contribution in [2.45, 2.75) is 37.0 Å². The molecule has 0 radical (unpaired) electrons. The van der Waals surface area contributed by atoms with Crippen molar-refractivity contribution >= 4 is 16.0 Å². The molecule has 1 fully saturated rings. The summed E-state index contributed by atoms with van der Waals surface area (Å²) in [4.78, 5) is 11.1. The minimum atomic E-state index is -3.71. The summed E-state index contributed by atoms with van der Waals surface area (Å²) in [7, 11) is -2.37. The Hall–Kier alpha value is -1.60. The number of rotatable bonds is 6. The number of carbonyl (C=O) groups is 1. The van der Waals surface area contributed by atoms with Crippen molar-refractivity contribution in [1.82, 2.24) is 4.72 Å². The van der Waals surface area contributed by atoms with E-state index in [1.165, 1.54) is 25.7 Å². The summed E-state index contributed by atoms with van der Waals surface area (Å²) in [5.74, 6) is -0.722. The van der Waals surface area contributed by atoms with Crippen LogP contribution in [0.1, 0.15) is 42.5 Å². The van der Waals surface area contributed by atoms with E-state index in [9.17, 15) is 13.2 Å². The highest BCUT2D eigenvalue weighted by Gasteiger charge is 2.21. The van der Waals surface area contributed by atoms with E-state index in [0.717, 1.165) is 31.7 Å². The fraction of sp³-hybridized carbons (Fsp3) is 0.533. The minimum absolute atomic E-state index is 0.0542. The van der Waals surface area contributed by atoms with Gasteiger partial charge in [-0.3, -0.25) is 0 Å². The van der Waals surface area contributed by atoms with E-state index >= 15 is 0 Å². The predicted octanol–water partition coefficient (Wildman–Crippen LogP) is 2.25. The van der Waals surface area contributed by atoms with E-state index in [4.69, 9.17) is 9.84 Å². The molecule has 7 heteroatoms. The Kier molecular flexibility index (Phi) is 5.42. The molecule has 0 aromatic heterocycles. The zero-order valence-corrected chi connectivity index (χ0v) is 13.4. The van der Waals surface area contributed by atoms with Gasteiger partial charge in [0.1, 0.15) is 11.3 Å². The number of benzene rings is 1. The average Bonchev–Trinajstić information content (AvgIpc) is 2.53. The Morgan fingerprint density at radius 2 is 2.00 bits per heavy atom. The fourth-order valence-corrected chi connectivity index (χ4v) is 3.87.